The van der Waals surface area contributed by atoms with Gasteiger partial charge in [0, 0.05) is 17.9 Å². The second-order valence-corrected chi connectivity index (χ2v) is 5.68. The van der Waals surface area contributed by atoms with Crippen LogP contribution in [0.15, 0.2) is 42.6 Å². The van der Waals surface area contributed by atoms with Gasteiger partial charge in [0.25, 0.3) is 6.47 Å². The number of ether oxygens (including phenoxy) is 1. The fourth-order valence-electron chi connectivity index (χ4n) is 2.46. The van der Waals surface area contributed by atoms with Gasteiger partial charge in [0.15, 0.2) is 0 Å². The van der Waals surface area contributed by atoms with Crippen LogP contribution in [0.3, 0.4) is 0 Å². The number of hydrogen-bond donors (Lipinski definition) is 4. The summed E-state index contributed by atoms with van der Waals surface area (Å²) in [4.78, 5) is 8.36. The highest BCUT2D eigenvalue weighted by molar-refractivity contribution is 6.58. The number of carbonyl (C=O) groups is 1. The van der Waals surface area contributed by atoms with Gasteiger partial charge in [-0.05, 0) is 29.2 Å². The van der Waals surface area contributed by atoms with Crippen molar-refractivity contribution in [2.24, 2.45) is 0 Å². The van der Waals surface area contributed by atoms with Gasteiger partial charge in [-0.15, -0.1) is 0 Å². The lowest BCUT2D eigenvalue weighted by Gasteiger charge is -2.17. The molecule has 0 fully saturated rings. The van der Waals surface area contributed by atoms with E-state index in [0.29, 0.717) is 29.1 Å². The predicted molar refractivity (Wildman–Crippen MR) is 99.2 cm³/mol. The van der Waals surface area contributed by atoms with Crippen LogP contribution in [0.2, 0.25) is 0 Å². The maximum atomic E-state index is 13.3. The van der Waals surface area contributed by atoms with Crippen molar-refractivity contribution in [3.8, 4) is 16.9 Å². The molecule has 146 valence electrons. The third-order valence-electron chi connectivity index (χ3n) is 3.57. The van der Waals surface area contributed by atoms with E-state index >= 15 is 0 Å². The largest absolute Gasteiger partial charge is 0.488 e. The zero-order valence-electron chi connectivity index (χ0n) is 14.6. The van der Waals surface area contributed by atoms with Gasteiger partial charge in [-0.3, -0.25) is 4.79 Å². The summed E-state index contributed by atoms with van der Waals surface area (Å²) in [5.41, 5.74) is 7.64. The lowest BCUT2D eigenvalue weighted by molar-refractivity contribution is -0.158. The van der Waals surface area contributed by atoms with Crippen LogP contribution in [0.25, 0.3) is 22.0 Å². The van der Waals surface area contributed by atoms with E-state index in [2.05, 4.69) is 10.2 Å². The van der Waals surface area contributed by atoms with Crippen molar-refractivity contribution in [1.29, 1.82) is 0 Å². The Balaban J connectivity index is 0.000000878. The first-order valence-corrected chi connectivity index (χ1v) is 7.82. The van der Waals surface area contributed by atoms with Gasteiger partial charge in [-0.2, -0.15) is 19.0 Å². The highest BCUT2D eigenvalue weighted by Crippen LogP contribution is 2.34. The molecular formula is C17H16BF2N3O5. The first kappa shape index (κ1) is 21.0. The smallest absolute Gasteiger partial charge is 0.483 e. The minimum Gasteiger partial charge on any atom is -0.483 e. The zero-order valence-corrected chi connectivity index (χ0v) is 14.6. The van der Waals surface area contributed by atoms with Crippen LogP contribution in [0, 0.1) is 0 Å². The van der Waals surface area contributed by atoms with E-state index in [1.165, 1.54) is 24.4 Å². The molecule has 11 heteroatoms. The average molecular weight is 391 g/mol. The lowest BCUT2D eigenvalue weighted by Crippen LogP contribution is -2.30. The van der Waals surface area contributed by atoms with Gasteiger partial charge >= 0.3 is 13.2 Å². The van der Waals surface area contributed by atoms with E-state index in [4.69, 9.17) is 20.4 Å². The molecule has 0 unspecified atom stereocenters. The molecule has 28 heavy (non-hydrogen) atoms. The number of rotatable bonds is 4. The number of aromatic nitrogens is 2. The number of alkyl halides is 2. The first-order valence-electron chi connectivity index (χ1n) is 7.82. The molecule has 0 aliphatic heterocycles. The molecule has 2 aromatic carbocycles. The standard InChI is InChI=1S/C16H14BF2N3O3.CH2O2/c1-16(18,19)25-15-5-3-10(17(23)24)7-12(15)9-2-4-11-13(20)8-21-22-14(11)6-9;2-1-3/h2-8,23-24H,1H3,(H2,20,22);1H,(H,2,3). The second-order valence-electron chi connectivity index (χ2n) is 5.68. The lowest BCUT2D eigenvalue weighted by atomic mass is 9.79. The number of benzene rings is 2. The summed E-state index contributed by atoms with van der Waals surface area (Å²) < 4.78 is 31.3. The average Bonchev–Trinajstić information content (AvgIpc) is 2.61. The van der Waals surface area contributed by atoms with E-state index in [0.717, 1.165) is 0 Å². The molecule has 0 saturated heterocycles. The number of nitrogen functional groups attached to an aromatic ring is 1. The molecule has 0 atom stereocenters. The molecule has 0 radical (unpaired) electrons. The third-order valence-corrected chi connectivity index (χ3v) is 3.57. The van der Waals surface area contributed by atoms with Crippen LogP contribution in [0.4, 0.5) is 14.5 Å². The van der Waals surface area contributed by atoms with Gasteiger partial charge in [-0.1, -0.05) is 18.2 Å². The van der Waals surface area contributed by atoms with Gasteiger partial charge in [0.05, 0.1) is 17.4 Å². The summed E-state index contributed by atoms with van der Waals surface area (Å²) in [6.07, 6.45) is -1.98. The minimum atomic E-state index is -3.39. The third kappa shape index (κ3) is 5.12. The van der Waals surface area contributed by atoms with Gasteiger partial charge < -0.3 is 25.6 Å². The SMILES string of the molecule is CC(F)(F)Oc1ccc(B(O)O)cc1-c1ccc2c(N)cnnc2c1.O=CO. The number of halogens is 2. The summed E-state index contributed by atoms with van der Waals surface area (Å²) in [5.74, 6) is -0.104. The molecule has 1 heterocycles. The van der Waals surface area contributed by atoms with Crippen LogP contribution in [0.1, 0.15) is 6.92 Å². The Labute approximate surface area is 158 Å². The molecular weight excluding hydrogens is 375 g/mol. The molecule has 5 N–H and O–H groups in total. The monoisotopic (exact) mass is 391 g/mol. The molecule has 8 nitrogen and oxygen atoms in total. The number of carboxylic acid groups (broad SMARTS) is 1. The van der Waals surface area contributed by atoms with Crippen LogP contribution in [0.5, 0.6) is 5.75 Å². The topological polar surface area (TPSA) is 139 Å². The summed E-state index contributed by atoms with van der Waals surface area (Å²) in [6, 6.07) is 8.88. The van der Waals surface area contributed by atoms with Gasteiger partial charge in [0.1, 0.15) is 5.75 Å². The maximum Gasteiger partial charge on any atom is 0.488 e. The minimum absolute atomic E-state index is 0.104. The highest BCUT2D eigenvalue weighted by Gasteiger charge is 2.26. The van der Waals surface area contributed by atoms with Crippen LogP contribution in [-0.2, 0) is 4.79 Å². The molecule has 3 rings (SSSR count). The normalized spacial score (nSPS) is 10.8. The van der Waals surface area contributed by atoms with Gasteiger partial charge in [-0.25, -0.2) is 0 Å². The summed E-state index contributed by atoms with van der Waals surface area (Å²) >= 11 is 0. The molecule has 0 aliphatic rings. The van der Waals surface area contributed by atoms with Crippen molar-refractivity contribution in [3.63, 3.8) is 0 Å². The number of nitrogens with zero attached hydrogens (tertiary/aromatic N) is 2. The number of nitrogens with two attached hydrogens (primary N) is 1. The predicted octanol–water partition coefficient (Wildman–Crippen LogP) is 1.25. The highest BCUT2D eigenvalue weighted by atomic mass is 19.3. The Morgan fingerprint density at radius 2 is 1.89 bits per heavy atom. The Morgan fingerprint density at radius 3 is 2.50 bits per heavy atom. The Kier molecular flexibility index (Phi) is 6.44. The Bertz CT molecular complexity index is 983. The summed E-state index contributed by atoms with van der Waals surface area (Å²) in [6.45, 7) is 0.373. The summed E-state index contributed by atoms with van der Waals surface area (Å²) in [5, 5.41) is 34.0. The first-order chi connectivity index (χ1) is 13.2. The molecule has 0 spiro atoms. The van der Waals surface area contributed by atoms with Crippen molar-refractivity contribution in [1.82, 2.24) is 10.2 Å². The molecule has 0 saturated carbocycles. The van der Waals surface area contributed by atoms with Crippen molar-refractivity contribution < 1.29 is 33.5 Å². The quantitative estimate of drug-likeness (QED) is 0.385. The molecule has 0 aliphatic carbocycles. The summed E-state index contributed by atoms with van der Waals surface area (Å²) in [7, 11) is -1.74. The Morgan fingerprint density at radius 1 is 1.21 bits per heavy atom. The van der Waals surface area contributed by atoms with E-state index in [1.54, 1.807) is 18.2 Å². The van der Waals surface area contributed by atoms with E-state index in [9.17, 15) is 18.8 Å². The molecule has 0 amide bonds. The van der Waals surface area contributed by atoms with E-state index in [1.807, 2.05) is 0 Å². The fourth-order valence-corrected chi connectivity index (χ4v) is 2.46. The fraction of sp³-hybridized carbons (Fsp3) is 0.118. The van der Waals surface area contributed by atoms with Gasteiger partial charge in [0.2, 0.25) is 0 Å². The van der Waals surface area contributed by atoms with Crippen molar-refractivity contribution in [2.45, 2.75) is 13.0 Å². The van der Waals surface area contributed by atoms with Crippen LogP contribution in [-0.4, -0.2) is 45.1 Å². The zero-order chi connectivity index (χ0) is 20.9. The van der Waals surface area contributed by atoms with Crippen molar-refractivity contribution >= 4 is 35.6 Å². The van der Waals surface area contributed by atoms with Crippen LogP contribution < -0.4 is 15.9 Å². The van der Waals surface area contributed by atoms with E-state index in [-0.39, 0.29) is 23.2 Å². The van der Waals surface area contributed by atoms with Crippen molar-refractivity contribution in [3.05, 3.63) is 42.6 Å². The number of fused-ring (bicyclic) bond motifs is 1. The second kappa shape index (κ2) is 8.59. The van der Waals surface area contributed by atoms with E-state index < -0.39 is 13.2 Å². The maximum absolute atomic E-state index is 13.3. The number of anilines is 1. The van der Waals surface area contributed by atoms with Crippen molar-refractivity contribution in [2.75, 3.05) is 5.73 Å². The van der Waals surface area contributed by atoms with Crippen LogP contribution >= 0.6 is 0 Å². The number of hydrogen-bond acceptors (Lipinski definition) is 7. The molecule has 1 aromatic heterocycles. The molecule has 3 aromatic rings. The molecule has 0 bridgehead atoms. The Hall–Kier alpha value is -3.31.